The topological polar surface area (TPSA) is 47.0 Å². The molecule has 1 amide bonds. The van der Waals surface area contributed by atoms with Crippen molar-refractivity contribution in [1.82, 2.24) is 0 Å². The van der Waals surface area contributed by atoms with E-state index in [0.717, 1.165) is 10.0 Å². The van der Waals surface area contributed by atoms with Crippen LogP contribution in [0.5, 0.6) is 0 Å². The van der Waals surface area contributed by atoms with Gasteiger partial charge in [-0.25, -0.2) is 0 Å². The highest BCUT2D eigenvalue weighted by Crippen LogP contribution is 2.15. The standard InChI is InChI=1S/C13H11BrN2O/c14-12-6-2-1-4-10(12)8-16-7-3-5-11(9-16)13(15)17/h1-7,9H,8H2,(H-,15,17)/p+1. The number of nitrogens with two attached hydrogens (primary N) is 1. The second kappa shape index (κ2) is 5.10. The molecule has 0 spiro atoms. The molecule has 1 aromatic heterocycles. The van der Waals surface area contributed by atoms with Crippen molar-refractivity contribution in [3.63, 3.8) is 0 Å². The van der Waals surface area contributed by atoms with Gasteiger partial charge in [0, 0.05) is 16.1 Å². The van der Waals surface area contributed by atoms with Crippen LogP contribution in [0.15, 0.2) is 53.3 Å². The van der Waals surface area contributed by atoms with Gasteiger partial charge in [-0.3, -0.25) is 4.79 Å². The lowest BCUT2D eigenvalue weighted by Crippen LogP contribution is -2.35. The first-order valence-corrected chi connectivity index (χ1v) is 5.98. The Balaban J connectivity index is 2.28. The lowest BCUT2D eigenvalue weighted by Gasteiger charge is -2.01. The molecule has 0 bridgehead atoms. The average molecular weight is 292 g/mol. The first-order chi connectivity index (χ1) is 8.16. The maximum absolute atomic E-state index is 11.1. The fraction of sp³-hybridized carbons (Fsp3) is 0.0769. The fourth-order valence-electron chi connectivity index (χ4n) is 1.59. The Bertz CT molecular complexity index is 555. The molecule has 1 heterocycles. The molecular weight excluding hydrogens is 280 g/mol. The molecule has 17 heavy (non-hydrogen) atoms. The molecular formula is C13H12BrN2O+. The monoisotopic (exact) mass is 291 g/mol. The molecule has 0 atom stereocenters. The summed E-state index contributed by atoms with van der Waals surface area (Å²) in [7, 11) is 0. The second-order valence-electron chi connectivity index (χ2n) is 3.72. The van der Waals surface area contributed by atoms with Crippen LogP contribution in [-0.4, -0.2) is 5.91 Å². The number of aromatic nitrogens is 1. The number of primary amides is 1. The van der Waals surface area contributed by atoms with Gasteiger partial charge in [0.2, 0.25) is 0 Å². The van der Waals surface area contributed by atoms with E-state index in [9.17, 15) is 4.79 Å². The predicted octanol–water partition coefficient (Wildman–Crippen LogP) is 1.88. The van der Waals surface area contributed by atoms with Crippen molar-refractivity contribution in [1.29, 1.82) is 0 Å². The van der Waals surface area contributed by atoms with Crippen LogP contribution >= 0.6 is 15.9 Å². The van der Waals surface area contributed by atoms with Crippen LogP contribution in [0.25, 0.3) is 0 Å². The number of pyridine rings is 1. The van der Waals surface area contributed by atoms with E-state index in [-0.39, 0.29) is 0 Å². The van der Waals surface area contributed by atoms with E-state index in [1.54, 1.807) is 12.3 Å². The molecule has 86 valence electrons. The summed E-state index contributed by atoms with van der Waals surface area (Å²) >= 11 is 3.50. The molecule has 0 saturated carbocycles. The number of nitrogens with zero attached hydrogens (tertiary/aromatic N) is 1. The molecule has 2 aromatic rings. The first-order valence-electron chi connectivity index (χ1n) is 5.19. The van der Waals surface area contributed by atoms with Gasteiger partial charge in [-0.2, -0.15) is 4.57 Å². The van der Waals surface area contributed by atoms with Crippen LogP contribution in [0.2, 0.25) is 0 Å². The summed E-state index contributed by atoms with van der Waals surface area (Å²) in [5.41, 5.74) is 6.91. The van der Waals surface area contributed by atoms with Crippen LogP contribution in [0.4, 0.5) is 0 Å². The molecule has 0 radical (unpaired) electrons. The van der Waals surface area contributed by atoms with Crippen molar-refractivity contribution >= 4 is 21.8 Å². The van der Waals surface area contributed by atoms with Crippen molar-refractivity contribution in [2.24, 2.45) is 5.73 Å². The van der Waals surface area contributed by atoms with Crippen LogP contribution in [0.1, 0.15) is 15.9 Å². The summed E-state index contributed by atoms with van der Waals surface area (Å²) in [6.45, 7) is 0.697. The maximum atomic E-state index is 11.1. The van der Waals surface area contributed by atoms with E-state index >= 15 is 0 Å². The van der Waals surface area contributed by atoms with E-state index in [2.05, 4.69) is 15.9 Å². The van der Waals surface area contributed by atoms with Crippen molar-refractivity contribution in [2.75, 3.05) is 0 Å². The number of amides is 1. The molecule has 2 rings (SSSR count). The SMILES string of the molecule is NC(=O)c1ccc[n+](Cc2ccccc2Br)c1. The minimum absolute atomic E-state index is 0.411. The minimum atomic E-state index is -0.411. The van der Waals surface area contributed by atoms with Gasteiger partial charge < -0.3 is 5.73 Å². The highest BCUT2D eigenvalue weighted by Gasteiger charge is 2.09. The van der Waals surface area contributed by atoms with Gasteiger partial charge in [0.25, 0.3) is 5.91 Å². The number of carbonyl (C=O) groups excluding carboxylic acids is 1. The lowest BCUT2D eigenvalue weighted by molar-refractivity contribution is -0.688. The molecule has 0 aliphatic carbocycles. The van der Waals surface area contributed by atoms with E-state index in [1.807, 2.05) is 41.1 Å². The zero-order chi connectivity index (χ0) is 12.3. The number of hydrogen-bond acceptors (Lipinski definition) is 1. The molecule has 4 heteroatoms. The lowest BCUT2D eigenvalue weighted by atomic mass is 10.2. The van der Waals surface area contributed by atoms with E-state index in [4.69, 9.17) is 5.73 Å². The maximum Gasteiger partial charge on any atom is 0.254 e. The van der Waals surface area contributed by atoms with Crippen LogP contribution in [0.3, 0.4) is 0 Å². The summed E-state index contributed by atoms with van der Waals surface area (Å²) in [4.78, 5) is 11.1. The molecule has 0 aliphatic heterocycles. The van der Waals surface area contributed by atoms with Gasteiger partial charge in [0.05, 0.1) is 0 Å². The van der Waals surface area contributed by atoms with Gasteiger partial charge in [-0.15, -0.1) is 0 Å². The number of halogens is 1. The third-order valence-corrected chi connectivity index (χ3v) is 3.23. The zero-order valence-electron chi connectivity index (χ0n) is 9.14. The molecule has 0 unspecified atom stereocenters. The van der Waals surface area contributed by atoms with Crippen molar-refractivity contribution < 1.29 is 9.36 Å². The normalized spacial score (nSPS) is 10.2. The quantitative estimate of drug-likeness (QED) is 0.863. The van der Waals surface area contributed by atoms with Gasteiger partial charge >= 0.3 is 0 Å². The van der Waals surface area contributed by atoms with Crippen molar-refractivity contribution in [3.05, 3.63) is 64.4 Å². The summed E-state index contributed by atoms with van der Waals surface area (Å²) < 4.78 is 2.98. The summed E-state index contributed by atoms with van der Waals surface area (Å²) in [6.07, 6.45) is 3.66. The largest absolute Gasteiger partial charge is 0.365 e. The van der Waals surface area contributed by atoms with Gasteiger partial charge in [-0.1, -0.05) is 34.1 Å². The highest BCUT2D eigenvalue weighted by molar-refractivity contribution is 9.10. The van der Waals surface area contributed by atoms with Crippen LogP contribution in [-0.2, 0) is 6.54 Å². The molecule has 3 nitrogen and oxygen atoms in total. The number of carbonyl (C=O) groups is 1. The molecule has 2 N–H and O–H groups in total. The van der Waals surface area contributed by atoms with E-state index < -0.39 is 5.91 Å². The van der Waals surface area contributed by atoms with E-state index in [1.165, 1.54) is 0 Å². The van der Waals surface area contributed by atoms with Crippen molar-refractivity contribution in [2.45, 2.75) is 6.54 Å². The number of rotatable bonds is 3. The van der Waals surface area contributed by atoms with Gasteiger partial charge in [0.15, 0.2) is 18.9 Å². The predicted molar refractivity (Wildman–Crippen MR) is 68.4 cm³/mol. The van der Waals surface area contributed by atoms with Crippen LogP contribution in [0, 0.1) is 0 Å². The third-order valence-electron chi connectivity index (χ3n) is 2.45. The Morgan fingerprint density at radius 3 is 2.71 bits per heavy atom. The number of benzene rings is 1. The third kappa shape index (κ3) is 2.91. The molecule has 1 aromatic carbocycles. The Morgan fingerprint density at radius 1 is 1.24 bits per heavy atom. The Kier molecular flexibility index (Phi) is 3.54. The number of hydrogen-bond donors (Lipinski definition) is 1. The summed E-state index contributed by atoms with van der Waals surface area (Å²) in [5, 5.41) is 0. The summed E-state index contributed by atoms with van der Waals surface area (Å²) in [6, 6.07) is 11.5. The Hall–Kier alpha value is -1.68. The molecule has 0 saturated heterocycles. The first kappa shape index (κ1) is 11.8. The minimum Gasteiger partial charge on any atom is -0.365 e. The molecule has 0 aliphatic rings. The van der Waals surface area contributed by atoms with Gasteiger partial charge in [0.1, 0.15) is 5.56 Å². The average Bonchev–Trinajstić information content (AvgIpc) is 2.32. The van der Waals surface area contributed by atoms with E-state index in [0.29, 0.717) is 12.1 Å². The smallest absolute Gasteiger partial charge is 0.254 e. The molecule has 0 fully saturated rings. The van der Waals surface area contributed by atoms with Crippen molar-refractivity contribution in [3.8, 4) is 0 Å². The zero-order valence-corrected chi connectivity index (χ0v) is 10.7. The second-order valence-corrected chi connectivity index (χ2v) is 4.57. The summed E-state index contributed by atoms with van der Waals surface area (Å²) in [5.74, 6) is -0.411. The van der Waals surface area contributed by atoms with Crippen LogP contribution < -0.4 is 10.3 Å². The highest BCUT2D eigenvalue weighted by atomic mass is 79.9. The van der Waals surface area contributed by atoms with Gasteiger partial charge in [-0.05, 0) is 12.1 Å². The Morgan fingerprint density at radius 2 is 2.00 bits per heavy atom. The fourth-order valence-corrected chi connectivity index (χ4v) is 2.00. The Labute approximate surface area is 108 Å².